The molecule has 0 aliphatic heterocycles. The van der Waals surface area contributed by atoms with Gasteiger partial charge in [-0.2, -0.15) is 0 Å². The zero-order valence-corrected chi connectivity index (χ0v) is 10.3. The number of carboxylic acid groups (broad SMARTS) is 1. The van der Waals surface area contributed by atoms with Crippen LogP contribution in [0.25, 0.3) is 6.08 Å². The molecule has 2 rings (SSSR count). The fraction of sp³-hybridized carbons (Fsp3) is 0.400. The van der Waals surface area contributed by atoms with E-state index in [-0.39, 0.29) is 0 Å². The third-order valence-corrected chi connectivity index (χ3v) is 3.13. The molecule has 3 heteroatoms. The maximum Gasteiger partial charge on any atom is 0.328 e. The number of carboxylic acids is 1. The fourth-order valence-electron chi connectivity index (χ4n) is 2.23. The second-order valence-electron chi connectivity index (χ2n) is 4.62. The lowest BCUT2D eigenvalue weighted by Gasteiger charge is -2.23. The lowest BCUT2D eigenvalue weighted by atomic mass is 9.98. The van der Waals surface area contributed by atoms with Gasteiger partial charge in [0.2, 0.25) is 0 Å². The van der Waals surface area contributed by atoms with Crippen LogP contribution in [0.5, 0.6) is 5.75 Å². The molecule has 0 radical (unpaired) electrons. The SMILES string of the molecule is O=C(O)C=Cc1cccc(OC2CCCCC2)c1. The molecule has 1 N–H and O–H groups in total. The van der Waals surface area contributed by atoms with Crippen molar-refractivity contribution in [3.05, 3.63) is 35.9 Å². The summed E-state index contributed by atoms with van der Waals surface area (Å²) in [5.41, 5.74) is 0.853. The molecule has 1 saturated carbocycles. The average Bonchev–Trinajstić information content (AvgIpc) is 2.38. The summed E-state index contributed by atoms with van der Waals surface area (Å²) in [6, 6.07) is 7.56. The number of benzene rings is 1. The van der Waals surface area contributed by atoms with Crippen molar-refractivity contribution in [3.63, 3.8) is 0 Å². The van der Waals surface area contributed by atoms with Gasteiger partial charge in [0.05, 0.1) is 6.10 Å². The molecule has 1 aromatic rings. The van der Waals surface area contributed by atoms with Gasteiger partial charge in [0.1, 0.15) is 5.75 Å². The van der Waals surface area contributed by atoms with Crippen LogP contribution in [0.4, 0.5) is 0 Å². The third-order valence-electron chi connectivity index (χ3n) is 3.13. The minimum Gasteiger partial charge on any atom is -0.490 e. The van der Waals surface area contributed by atoms with Crippen molar-refractivity contribution in [2.45, 2.75) is 38.2 Å². The average molecular weight is 246 g/mol. The maximum absolute atomic E-state index is 10.5. The van der Waals surface area contributed by atoms with Crippen LogP contribution in [0, 0.1) is 0 Å². The van der Waals surface area contributed by atoms with E-state index in [0.29, 0.717) is 6.10 Å². The normalized spacial score (nSPS) is 16.9. The molecule has 1 aliphatic rings. The standard InChI is InChI=1S/C15H18O3/c16-15(17)10-9-12-5-4-8-14(11-12)18-13-6-2-1-3-7-13/h4-5,8-11,13H,1-3,6-7H2,(H,16,17). The van der Waals surface area contributed by atoms with Crippen molar-refractivity contribution in [1.29, 1.82) is 0 Å². The molecule has 18 heavy (non-hydrogen) atoms. The molecule has 0 amide bonds. The Bertz CT molecular complexity index is 431. The molecule has 1 aliphatic carbocycles. The molecular weight excluding hydrogens is 228 g/mol. The van der Waals surface area contributed by atoms with Crippen LogP contribution < -0.4 is 4.74 Å². The first-order valence-electron chi connectivity index (χ1n) is 6.42. The van der Waals surface area contributed by atoms with Crippen LogP contribution >= 0.6 is 0 Å². The largest absolute Gasteiger partial charge is 0.490 e. The van der Waals surface area contributed by atoms with Crippen LogP contribution in [-0.4, -0.2) is 17.2 Å². The fourth-order valence-corrected chi connectivity index (χ4v) is 2.23. The summed E-state index contributed by atoms with van der Waals surface area (Å²) in [5.74, 6) is -0.108. The van der Waals surface area contributed by atoms with Crippen LogP contribution in [-0.2, 0) is 4.79 Å². The molecule has 96 valence electrons. The van der Waals surface area contributed by atoms with E-state index in [4.69, 9.17) is 9.84 Å². The highest BCUT2D eigenvalue weighted by Gasteiger charge is 2.14. The molecule has 3 nitrogen and oxygen atoms in total. The molecule has 0 spiro atoms. The number of hydrogen-bond donors (Lipinski definition) is 1. The summed E-state index contributed by atoms with van der Waals surface area (Å²) < 4.78 is 5.92. The van der Waals surface area contributed by atoms with Gasteiger partial charge in [0.25, 0.3) is 0 Å². The van der Waals surface area contributed by atoms with E-state index in [9.17, 15) is 4.79 Å². The van der Waals surface area contributed by atoms with E-state index in [1.807, 2.05) is 24.3 Å². The Balaban J connectivity index is 2.00. The molecule has 0 bridgehead atoms. The van der Waals surface area contributed by atoms with E-state index in [1.165, 1.54) is 19.3 Å². The van der Waals surface area contributed by atoms with Gasteiger partial charge >= 0.3 is 5.97 Å². The molecule has 1 fully saturated rings. The summed E-state index contributed by atoms with van der Waals surface area (Å²) in [6.07, 6.45) is 9.06. The van der Waals surface area contributed by atoms with Crippen LogP contribution in [0.3, 0.4) is 0 Å². The Morgan fingerprint density at radius 3 is 2.78 bits per heavy atom. The quantitative estimate of drug-likeness (QED) is 0.827. The zero-order valence-electron chi connectivity index (χ0n) is 10.3. The highest BCUT2D eigenvalue weighted by atomic mass is 16.5. The minimum absolute atomic E-state index is 0.317. The van der Waals surface area contributed by atoms with Gasteiger partial charge in [-0.05, 0) is 49.5 Å². The van der Waals surface area contributed by atoms with Gasteiger partial charge in [0, 0.05) is 6.08 Å². The van der Waals surface area contributed by atoms with E-state index >= 15 is 0 Å². The van der Waals surface area contributed by atoms with Crippen LogP contribution in [0.15, 0.2) is 30.3 Å². The molecule has 1 aromatic carbocycles. The summed E-state index contributed by atoms with van der Waals surface area (Å²) in [7, 11) is 0. The monoisotopic (exact) mass is 246 g/mol. The topological polar surface area (TPSA) is 46.5 Å². The summed E-state index contributed by atoms with van der Waals surface area (Å²) >= 11 is 0. The van der Waals surface area contributed by atoms with Gasteiger partial charge in [-0.1, -0.05) is 18.6 Å². The second kappa shape index (κ2) is 6.24. The predicted molar refractivity (Wildman–Crippen MR) is 70.6 cm³/mol. The van der Waals surface area contributed by atoms with E-state index < -0.39 is 5.97 Å². The van der Waals surface area contributed by atoms with Crippen molar-refractivity contribution >= 4 is 12.0 Å². The maximum atomic E-state index is 10.5. The molecule has 0 heterocycles. The van der Waals surface area contributed by atoms with Gasteiger partial charge in [-0.25, -0.2) is 4.79 Å². The molecule has 0 atom stereocenters. The smallest absolute Gasteiger partial charge is 0.328 e. The lowest BCUT2D eigenvalue weighted by molar-refractivity contribution is -0.131. The van der Waals surface area contributed by atoms with E-state index in [0.717, 1.165) is 30.2 Å². The third kappa shape index (κ3) is 3.91. The first-order chi connectivity index (χ1) is 8.74. The van der Waals surface area contributed by atoms with Crippen LogP contribution in [0.2, 0.25) is 0 Å². The predicted octanol–water partition coefficient (Wildman–Crippen LogP) is 3.50. The highest BCUT2D eigenvalue weighted by Crippen LogP contribution is 2.24. The Morgan fingerprint density at radius 1 is 1.28 bits per heavy atom. The Morgan fingerprint density at radius 2 is 2.06 bits per heavy atom. The van der Waals surface area contributed by atoms with Gasteiger partial charge in [-0.3, -0.25) is 0 Å². The Hall–Kier alpha value is -1.77. The Labute approximate surface area is 107 Å². The second-order valence-corrected chi connectivity index (χ2v) is 4.62. The van der Waals surface area contributed by atoms with Gasteiger partial charge in [0.15, 0.2) is 0 Å². The molecule has 0 unspecified atom stereocenters. The first-order valence-corrected chi connectivity index (χ1v) is 6.42. The highest BCUT2D eigenvalue weighted by molar-refractivity contribution is 5.85. The lowest BCUT2D eigenvalue weighted by Crippen LogP contribution is -2.19. The summed E-state index contributed by atoms with van der Waals surface area (Å²) in [4.78, 5) is 10.5. The van der Waals surface area contributed by atoms with Crippen molar-refractivity contribution in [3.8, 4) is 5.75 Å². The molecule has 0 aromatic heterocycles. The first kappa shape index (κ1) is 12.7. The number of carbonyl (C=O) groups is 1. The Kier molecular flexibility index (Phi) is 4.40. The number of ether oxygens (including phenoxy) is 1. The molecule has 0 saturated heterocycles. The van der Waals surface area contributed by atoms with Crippen molar-refractivity contribution in [1.82, 2.24) is 0 Å². The van der Waals surface area contributed by atoms with Gasteiger partial charge < -0.3 is 9.84 Å². The van der Waals surface area contributed by atoms with Crippen molar-refractivity contribution in [2.75, 3.05) is 0 Å². The number of rotatable bonds is 4. The number of hydrogen-bond acceptors (Lipinski definition) is 2. The van der Waals surface area contributed by atoms with Crippen LogP contribution in [0.1, 0.15) is 37.7 Å². The van der Waals surface area contributed by atoms with E-state index in [2.05, 4.69) is 0 Å². The van der Waals surface area contributed by atoms with Crippen molar-refractivity contribution < 1.29 is 14.6 Å². The number of aliphatic carboxylic acids is 1. The van der Waals surface area contributed by atoms with Gasteiger partial charge in [-0.15, -0.1) is 0 Å². The zero-order chi connectivity index (χ0) is 12.8. The minimum atomic E-state index is -0.936. The molecular formula is C15H18O3. The summed E-state index contributed by atoms with van der Waals surface area (Å²) in [5, 5.41) is 8.59. The van der Waals surface area contributed by atoms with E-state index in [1.54, 1.807) is 6.08 Å². The summed E-state index contributed by atoms with van der Waals surface area (Å²) in [6.45, 7) is 0. The van der Waals surface area contributed by atoms with Crippen molar-refractivity contribution in [2.24, 2.45) is 0 Å².